The molecule has 11 nitrogen and oxygen atoms in total. The highest BCUT2D eigenvalue weighted by molar-refractivity contribution is 6.06. The Kier molecular flexibility index (Phi) is 8.54. The van der Waals surface area contributed by atoms with Crippen LogP contribution in [0.2, 0.25) is 0 Å². The lowest BCUT2D eigenvalue weighted by atomic mass is 10.1. The Morgan fingerprint density at radius 1 is 1.10 bits per heavy atom. The monoisotopic (exact) mass is 544 g/mol. The molecule has 209 valence electrons. The van der Waals surface area contributed by atoms with Crippen molar-refractivity contribution in [1.82, 2.24) is 24.6 Å². The van der Waals surface area contributed by atoms with Crippen LogP contribution in [0.1, 0.15) is 15.9 Å². The van der Waals surface area contributed by atoms with E-state index >= 15 is 0 Å². The number of nitrogens with zero attached hydrogens (tertiary/aromatic N) is 7. The minimum atomic E-state index is -0.0387. The largest absolute Gasteiger partial charge is 0.378 e. The third-order valence-electron chi connectivity index (χ3n) is 7.02. The molecule has 3 aliphatic heterocycles. The van der Waals surface area contributed by atoms with E-state index in [0.717, 1.165) is 29.3 Å². The van der Waals surface area contributed by atoms with Gasteiger partial charge in [-0.25, -0.2) is 4.98 Å². The average Bonchev–Trinajstić information content (AvgIpc) is 3.46. The van der Waals surface area contributed by atoms with Gasteiger partial charge >= 0.3 is 5.84 Å². The minimum Gasteiger partial charge on any atom is -0.378 e. The van der Waals surface area contributed by atoms with Gasteiger partial charge in [0, 0.05) is 51.3 Å². The van der Waals surface area contributed by atoms with Gasteiger partial charge in [0.25, 0.3) is 5.91 Å². The third kappa shape index (κ3) is 6.56. The second-order valence-corrected chi connectivity index (χ2v) is 10.3. The Morgan fingerprint density at radius 3 is 2.67 bits per heavy atom. The Labute approximate surface area is 235 Å². The Balaban J connectivity index is 1.29. The molecule has 2 amide bonds. The number of nitrogens with one attached hydrogen (secondary N) is 1. The number of hydrogen-bond acceptors (Lipinski definition) is 9. The zero-order valence-corrected chi connectivity index (χ0v) is 23.3. The number of rotatable bonds is 9. The van der Waals surface area contributed by atoms with E-state index < -0.39 is 0 Å². The number of ether oxygens (including phenoxy) is 1. The predicted molar refractivity (Wildman–Crippen MR) is 155 cm³/mol. The van der Waals surface area contributed by atoms with Crippen molar-refractivity contribution in [2.24, 2.45) is 4.99 Å². The van der Waals surface area contributed by atoms with Crippen LogP contribution in [0.25, 0.3) is 0 Å². The van der Waals surface area contributed by atoms with Crippen LogP contribution < -0.4 is 15.1 Å². The van der Waals surface area contributed by atoms with Crippen LogP contribution in [-0.4, -0.2) is 105 Å². The summed E-state index contributed by atoms with van der Waals surface area (Å²) in [4.78, 5) is 44.4. The topological polar surface area (TPSA) is 99.5 Å². The van der Waals surface area contributed by atoms with E-state index in [9.17, 15) is 9.59 Å². The van der Waals surface area contributed by atoms with Gasteiger partial charge in [-0.1, -0.05) is 17.0 Å². The molecule has 1 aromatic carbocycles. The lowest BCUT2D eigenvalue weighted by Crippen LogP contribution is -2.46. The predicted octanol–water partition coefficient (Wildman–Crippen LogP) is 1.87. The Hall–Kier alpha value is -4.06. The summed E-state index contributed by atoms with van der Waals surface area (Å²) >= 11 is 0. The zero-order valence-electron chi connectivity index (χ0n) is 23.3. The first-order chi connectivity index (χ1) is 19.4. The molecule has 3 aliphatic rings. The Morgan fingerprint density at radius 2 is 1.93 bits per heavy atom. The second-order valence-electron chi connectivity index (χ2n) is 10.3. The number of amidine groups is 1. The summed E-state index contributed by atoms with van der Waals surface area (Å²) in [5.41, 5.74) is 3.26. The molecule has 4 heterocycles. The van der Waals surface area contributed by atoms with Crippen molar-refractivity contribution in [3.8, 4) is 0 Å². The van der Waals surface area contributed by atoms with Crippen molar-refractivity contribution in [1.29, 1.82) is 0 Å². The molecule has 0 spiro atoms. The van der Waals surface area contributed by atoms with Crippen LogP contribution in [-0.2, 0) is 16.0 Å². The van der Waals surface area contributed by atoms with Crippen molar-refractivity contribution >= 4 is 29.2 Å². The van der Waals surface area contributed by atoms with Crippen molar-refractivity contribution in [3.05, 3.63) is 78.0 Å². The number of aliphatic imine (C=N–C) groups is 1. The van der Waals surface area contributed by atoms with E-state index in [-0.39, 0.29) is 11.8 Å². The number of benzene rings is 1. The smallest absolute Gasteiger partial charge is 0.308 e. The highest BCUT2D eigenvalue weighted by Crippen LogP contribution is 2.25. The lowest BCUT2D eigenvalue weighted by Gasteiger charge is -2.27. The number of amides is 2. The van der Waals surface area contributed by atoms with Crippen LogP contribution in [0.3, 0.4) is 0 Å². The molecule has 0 unspecified atom stereocenters. The number of carbonyl (C=O) groups is 2. The van der Waals surface area contributed by atoms with Crippen LogP contribution in [0, 0.1) is 0 Å². The molecule has 1 aromatic heterocycles. The number of likely N-dealkylation sites (N-methyl/N-ethyl adjacent to an activating group) is 2. The number of fused-ring (bicyclic) bond motifs is 1. The molecular formula is C29H36N8O3+. The highest BCUT2D eigenvalue weighted by Gasteiger charge is 2.36. The number of carbonyl (C=O) groups excluding carboxylic acids is 2. The first-order valence-electron chi connectivity index (χ1n) is 13.4. The summed E-state index contributed by atoms with van der Waals surface area (Å²) in [6.07, 6.45) is 7.65. The van der Waals surface area contributed by atoms with E-state index in [1.54, 1.807) is 34.3 Å². The number of morpholine rings is 1. The average molecular weight is 545 g/mol. The molecule has 0 bridgehead atoms. The van der Waals surface area contributed by atoms with Gasteiger partial charge in [-0.15, -0.1) is 0 Å². The summed E-state index contributed by atoms with van der Waals surface area (Å²) in [5.74, 6) is 1.46. The van der Waals surface area contributed by atoms with Gasteiger partial charge in [0.1, 0.15) is 11.5 Å². The fourth-order valence-corrected chi connectivity index (χ4v) is 4.64. The van der Waals surface area contributed by atoms with Gasteiger partial charge in [-0.2, -0.15) is 4.99 Å². The van der Waals surface area contributed by atoms with Crippen LogP contribution in [0.15, 0.2) is 71.9 Å². The standard InChI is InChI=1S/C29H36N8O3/c1-33(2)11-12-34(3)27(38)18-22-5-4-6-24(17-22)37-20-25(28-30-9-10-36(28)21-37)32-26-8-7-23(19-31-26)29(39)35-13-15-40-16-14-35/h4-10,17,19-20H,11-16,18,21H2,1-3H3,(H,31,32)/q+1. The number of aromatic nitrogens is 1. The molecule has 1 fully saturated rings. The first kappa shape index (κ1) is 27.5. The summed E-state index contributed by atoms with van der Waals surface area (Å²) in [6, 6.07) is 11.6. The molecule has 40 heavy (non-hydrogen) atoms. The summed E-state index contributed by atoms with van der Waals surface area (Å²) in [5, 5.41) is 3.37. The quantitative estimate of drug-likeness (QED) is 0.481. The summed E-state index contributed by atoms with van der Waals surface area (Å²) in [6.45, 7) is 4.40. The fraction of sp³-hybridized carbons (Fsp3) is 0.379. The van der Waals surface area contributed by atoms with Gasteiger partial charge in [-0.3, -0.25) is 14.5 Å². The van der Waals surface area contributed by atoms with Gasteiger partial charge in [-0.05, 0) is 43.9 Å². The van der Waals surface area contributed by atoms with E-state index in [2.05, 4.69) is 31.2 Å². The van der Waals surface area contributed by atoms with Crippen molar-refractivity contribution in [3.63, 3.8) is 0 Å². The van der Waals surface area contributed by atoms with E-state index in [1.165, 1.54) is 0 Å². The minimum absolute atomic E-state index is 0.0387. The van der Waals surface area contributed by atoms with Crippen LogP contribution >= 0.6 is 0 Å². The van der Waals surface area contributed by atoms with Gasteiger partial charge < -0.3 is 24.8 Å². The number of hydrogen-bond donors (Lipinski definition) is 1. The lowest BCUT2D eigenvalue weighted by molar-refractivity contribution is -0.129. The van der Waals surface area contributed by atoms with Gasteiger partial charge in [0.2, 0.25) is 12.6 Å². The SMILES string of the molecule is CN(C)CCN(C)C(=O)Cc1cccc(N2C=C(Nc3ccc(C(=O)N4CCOCC4)cn3)C3=NC=C[N+]3C2)c1. The third-order valence-corrected chi connectivity index (χ3v) is 7.02. The van der Waals surface area contributed by atoms with Crippen molar-refractivity contribution in [2.75, 3.05) is 77.4 Å². The van der Waals surface area contributed by atoms with Crippen LogP contribution in [0.5, 0.6) is 0 Å². The fourth-order valence-electron chi connectivity index (χ4n) is 4.64. The molecule has 5 rings (SSSR count). The molecule has 0 atom stereocenters. The van der Waals surface area contributed by atoms with Crippen molar-refractivity contribution < 1.29 is 14.3 Å². The molecule has 1 saturated heterocycles. The molecule has 1 radical (unpaired) electrons. The highest BCUT2D eigenvalue weighted by atomic mass is 16.5. The van der Waals surface area contributed by atoms with Crippen LogP contribution in [0.4, 0.5) is 11.5 Å². The normalized spacial score (nSPS) is 17.0. The van der Waals surface area contributed by atoms with E-state index in [1.807, 2.05) is 56.6 Å². The summed E-state index contributed by atoms with van der Waals surface area (Å²) in [7, 11) is 5.85. The summed E-state index contributed by atoms with van der Waals surface area (Å²) < 4.78 is 5.34. The Bertz CT molecular complexity index is 1310. The molecule has 1 N–H and O–H groups in total. The maximum Gasteiger partial charge on any atom is 0.308 e. The molecule has 0 saturated carbocycles. The van der Waals surface area contributed by atoms with Gasteiger partial charge in [0.15, 0.2) is 6.20 Å². The zero-order chi connectivity index (χ0) is 28.1. The van der Waals surface area contributed by atoms with E-state index in [0.29, 0.717) is 57.3 Å². The number of pyridine rings is 1. The first-order valence-corrected chi connectivity index (χ1v) is 13.4. The molecule has 11 heteroatoms. The molecular weight excluding hydrogens is 508 g/mol. The van der Waals surface area contributed by atoms with E-state index in [4.69, 9.17) is 4.74 Å². The molecule has 0 aliphatic carbocycles. The van der Waals surface area contributed by atoms with Gasteiger partial charge in [0.05, 0.1) is 31.4 Å². The second kappa shape index (κ2) is 12.4. The maximum atomic E-state index is 12.8. The molecule has 2 aromatic rings. The maximum absolute atomic E-state index is 12.8. The van der Waals surface area contributed by atoms with Crippen molar-refractivity contribution in [2.45, 2.75) is 6.42 Å². The number of anilines is 2.